The first kappa shape index (κ1) is 14.4. The lowest BCUT2D eigenvalue weighted by Crippen LogP contribution is -2.35. The van der Waals surface area contributed by atoms with Gasteiger partial charge in [0.1, 0.15) is 5.75 Å². The summed E-state index contributed by atoms with van der Waals surface area (Å²) in [7, 11) is 0. The Hall–Kier alpha value is -1.71. The molecular weight excluding hydrogens is 228 g/mol. The summed E-state index contributed by atoms with van der Waals surface area (Å²) in [6.07, 6.45) is 0.912. The van der Waals surface area contributed by atoms with E-state index >= 15 is 0 Å². The molecule has 18 heavy (non-hydrogen) atoms. The second-order valence-corrected chi connectivity index (χ2v) is 4.32. The van der Waals surface area contributed by atoms with Crippen LogP contribution in [0, 0.1) is 6.92 Å². The third-order valence-electron chi connectivity index (χ3n) is 2.72. The molecule has 1 rings (SSSR count). The molecule has 4 heteroatoms. The van der Waals surface area contributed by atoms with Gasteiger partial charge >= 0.3 is 6.03 Å². The van der Waals surface area contributed by atoms with Crippen molar-refractivity contribution in [1.29, 1.82) is 0 Å². The Morgan fingerprint density at radius 3 is 2.67 bits per heavy atom. The molecule has 0 aromatic heterocycles. The van der Waals surface area contributed by atoms with E-state index in [2.05, 4.69) is 10.6 Å². The fourth-order valence-corrected chi connectivity index (χ4v) is 1.54. The van der Waals surface area contributed by atoms with Crippen LogP contribution >= 0.6 is 0 Å². The number of carbonyl (C=O) groups is 1. The van der Waals surface area contributed by atoms with E-state index in [-0.39, 0.29) is 12.1 Å². The number of urea groups is 1. The van der Waals surface area contributed by atoms with E-state index in [1.165, 1.54) is 0 Å². The van der Waals surface area contributed by atoms with Crippen LogP contribution in [0.1, 0.15) is 32.8 Å². The first-order valence-corrected chi connectivity index (χ1v) is 6.37. The molecule has 1 aromatic carbocycles. The molecule has 2 N–H and O–H groups in total. The van der Waals surface area contributed by atoms with E-state index in [0.717, 1.165) is 23.4 Å². The van der Waals surface area contributed by atoms with Crippen molar-refractivity contribution >= 4 is 11.7 Å². The van der Waals surface area contributed by atoms with Crippen LogP contribution in [-0.4, -0.2) is 18.7 Å². The molecule has 2 amide bonds. The molecule has 0 saturated carbocycles. The van der Waals surface area contributed by atoms with Crippen molar-refractivity contribution in [1.82, 2.24) is 5.32 Å². The van der Waals surface area contributed by atoms with Crippen LogP contribution in [-0.2, 0) is 0 Å². The zero-order valence-corrected chi connectivity index (χ0v) is 11.5. The van der Waals surface area contributed by atoms with Crippen molar-refractivity contribution in [2.75, 3.05) is 11.9 Å². The van der Waals surface area contributed by atoms with Crippen LogP contribution in [0.2, 0.25) is 0 Å². The summed E-state index contributed by atoms with van der Waals surface area (Å²) < 4.78 is 5.45. The molecule has 0 aliphatic carbocycles. The summed E-state index contributed by atoms with van der Waals surface area (Å²) in [6, 6.07) is 5.62. The number of hydrogen-bond donors (Lipinski definition) is 2. The molecule has 0 spiro atoms. The number of benzene rings is 1. The van der Waals surface area contributed by atoms with Gasteiger partial charge in [0.15, 0.2) is 0 Å². The molecule has 0 aliphatic heterocycles. The average Bonchev–Trinajstić information content (AvgIpc) is 2.32. The van der Waals surface area contributed by atoms with Crippen LogP contribution in [0.25, 0.3) is 0 Å². The molecule has 0 heterocycles. The quantitative estimate of drug-likeness (QED) is 0.842. The van der Waals surface area contributed by atoms with Gasteiger partial charge in [0.25, 0.3) is 0 Å². The maximum Gasteiger partial charge on any atom is 0.319 e. The van der Waals surface area contributed by atoms with Crippen LogP contribution in [0.5, 0.6) is 5.75 Å². The van der Waals surface area contributed by atoms with E-state index in [1.54, 1.807) is 0 Å². The van der Waals surface area contributed by atoms with E-state index in [9.17, 15) is 4.79 Å². The van der Waals surface area contributed by atoms with E-state index in [4.69, 9.17) is 4.74 Å². The molecule has 4 nitrogen and oxygen atoms in total. The Morgan fingerprint density at radius 2 is 2.11 bits per heavy atom. The summed E-state index contributed by atoms with van der Waals surface area (Å²) in [5.41, 5.74) is 1.79. The van der Waals surface area contributed by atoms with Crippen molar-refractivity contribution in [3.05, 3.63) is 23.8 Å². The molecule has 0 bridgehead atoms. The predicted octanol–water partition coefficient (Wildman–Crippen LogP) is 3.31. The van der Waals surface area contributed by atoms with Crippen molar-refractivity contribution in [2.45, 2.75) is 40.2 Å². The van der Waals surface area contributed by atoms with Crippen LogP contribution < -0.4 is 15.4 Å². The van der Waals surface area contributed by atoms with Crippen molar-refractivity contribution < 1.29 is 9.53 Å². The van der Waals surface area contributed by atoms with Gasteiger partial charge in [-0.2, -0.15) is 0 Å². The van der Waals surface area contributed by atoms with Gasteiger partial charge in [-0.25, -0.2) is 4.79 Å². The number of hydrogen-bond acceptors (Lipinski definition) is 2. The summed E-state index contributed by atoms with van der Waals surface area (Å²) in [6.45, 7) is 8.56. The van der Waals surface area contributed by atoms with E-state index in [1.807, 2.05) is 45.9 Å². The Labute approximate surface area is 109 Å². The second kappa shape index (κ2) is 6.89. The van der Waals surface area contributed by atoms with Gasteiger partial charge in [-0.3, -0.25) is 0 Å². The van der Waals surface area contributed by atoms with Gasteiger partial charge in [-0.1, -0.05) is 6.92 Å². The van der Waals surface area contributed by atoms with Gasteiger partial charge in [0, 0.05) is 11.7 Å². The van der Waals surface area contributed by atoms with Gasteiger partial charge in [-0.05, 0) is 51.0 Å². The fraction of sp³-hybridized carbons (Fsp3) is 0.500. The number of rotatable bonds is 5. The highest BCUT2D eigenvalue weighted by Gasteiger charge is 2.06. The van der Waals surface area contributed by atoms with Gasteiger partial charge < -0.3 is 15.4 Å². The number of amides is 2. The molecule has 1 atom stereocenters. The number of ether oxygens (including phenoxy) is 1. The van der Waals surface area contributed by atoms with Crippen LogP contribution in [0.15, 0.2) is 18.2 Å². The summed E-state index contributed by atoms with van der Waals surface area (Å²) in [4.78, 5) is 11.7. The minimum atomic E-state index is -0.173. The normalized spacial score (nSPS) is 11.8. The van der Waals surface area contributed by atoms with Gasteiger partial charge in [0.2, 0.25) is 0 Å². The molecule has 0 aliphatic rings. The minimum absolute atomic E-state index is 0.173. The monoisotopic (exact) mass is 250 g/mol. The molecule has 0 saturated heterocycles. The highest BCUT2D eigenvalue weighted by molar-refractivity contribution is 5.89. The van der Waals surface area contributed by atoms with Crippen LogP contribution in [0.3, 0.4) is 0 Å². The Morgan fingerprint density at radius 1 is 1.39 bits per heavy atom. The fourth-order valence-electron chi connectivity index (χ4n) is 1.54. The molecule has 0 fully saturated rings. The first-order chi connectivity index (χ1) is 8.56. The Balaban J connectivity index is 2.63. The highest BCUT2D eigenvalue weighted by atomic mass is 16.5. The van der Waals surface area contributed by atoms with E-state index < -0.39 is 0 Å². The number of nitrogens with one attached hydrogen (secondary N) is 2. The van der Waals surface area contributed by atoms with Crippen molar-refractivity contribution in [3.8, 4) is 5.75 Å². The van der Waals surface area contributed by atoms with Crippen LogP contribution in [0.4, 0.5) is 10.5 Å². The van der Waals surface area contributed by atoms with Crippen molar-refractivity contribution in [3.63, 3.8) is 0 Å². The standard InChI is InChI=1S/C14H22N2O2/c1-5-11(4)15-14(17)16-12-7-8-13(18-6-2)10(3)9-12/h7-9,11H,5-6H2,1-4H3,(H2,15,16,17). The third kappa shape index (κ3) is 4.28. The Bertz CT molecular complexity index is 405. The number of anilines is 1. The third-order valence-corrected chi connectivity index (χ3v) is 2.72. The van der Waals surface area contributed by atoms with Gasteiger partial charge in [-0.15, -0.1) is 0 Å². The Kier molecular flexibility index (Phi) is 5.49. The van der Waals surface area contributed by atoms with Crippen molar-refractivity contribution in [2.24, 2.45) is 0 Å². The summed E-state index contributed by atoms with van der Waals surface area (Å²) in [5, 5.41) is 5.67. The topological polar surface area (TPSA) is 50.4 Å². The smallest absolute Gasteiger partial charge is 0.319 e. The largest absolute Gasteiger partial charge is 0.494 e. The lowest BCUT2D eigenvalue weighted by Gasteiger charge is -2.13. The second-order valence-electron chi connectivity index (χ2n) is 4.32. The number of carbonyl (C=O) groups excluding carboxylic acids is 1. The SMILES string of the molecule is CCOc1ccc(NC(=O)NC(C)CC)cc1C. The lowest BCUT2D eigenvalue weighted by atomic mass is 10.2. The first-order valence-electron chi connectivity index (χ1n) is 6.37. The van der Waals surface area contributed by atoms with Gasteiger partial charge in [0.05, 0.1) is 6.61 Å². The average molecular weight is 250 g/mol. The molecule has 1 aromatic rings. The lowest BCUT2D eigenvalue weighted by molar-refractivity contribution is 0.249. The molecule has 1 unspecified atom stereocenters. The minimum Gasteiger partial charge on any atom is -0.494 e. The molecule has 0 radical (unpaired) electrons. The number of aryl methyl sites for hydroxylation is 1. The zero-order chi connectivity index (χ0) is 13.5. The maximum atomic E-state index is 11.7. The predicted molar refractivity (Wildman–Crippen MR) is 74.3 cm³/mol. The summed E-state index contributed by atoms with van der Waals surface area (Å²) >= 11 is 0. The molecular formula is C14H22N2O2. The van der Waals surface area contributed by atoms with E-state index in [0.29, 0.717) is 6.61 Å². The maximum absolute atomic E-state index is 11.7. The summed E-state index contributed by atoms with van der Waals surface area (Å²) in [5.74, 6) is 0.852. The highest BCUT2D eigenvalue weighted by Crippen LogP contribution is 2.21. The molecule has 100 valence electrons. The zero-order valence-electron chi connectivity index (χ0n) is 11.5.